The predicted octanol–water partition coefficient (Wildman–Crippen LogP) is 2.11. The van der Waals surface area contributed by atoms with Gasteiger partial charge in [0, 0.05) is 18.2 Å². The number of hydrogen-bond acceptors (Lipinski definition) is 3. The van der Waals surface area contributed by atoms with Gasteiger partial charge >= 0.3 is 0 Å². The van der Waals surface area contributed by atoms with E-state index in [2.05, 4.69) is 6.07 Å². The van der Waals surface area contributed by atoms with Crippen LogP contribution in [0, 0.1) is 18.3 Å². The SMILES string of the molecule is Cc1ccoc1C(=O)N(CCC#N)C1CC1. The molecule has 0 radical (unpaired) electrons. The second kappa shape index (κ2) is 4.40. The van der Waals surface area contributed by atoms with Gasteiger partial charge in [0.05, 0.1) is 18.8 Å². The maximum Gasteiger partial charge on any atom is 0.290 e. The maximum absolute atomic E-state index is 12.1. The van der Waals surface area contributed by atoms with E-state index in [0.717, 1.165) is 18.4 Å². The van der Waals surface area contributed by atoms with Crippen LogP contribution in [0.3, 0.4) is 0 Å². The van der Waals surface area contributed by atoms with Gasteiger partial charge in [0.1, 0.15) is 0 Å². The number of nitriles is 1. The first-order valence-corrected chi connectivity index (χ1v) is 5.46. The molecular formula is C12H14N2O2. The maximum atomic E-state index is 12.1. The van der Waals surface area contributed by atoms with Gasteiger partial charge in [-0.05, 0) is 25.8 Å². The lowest BCUT2D eigenvalue weighted by Crippen LogP contribution is -2.34. The summed E-state index contributed by atoms with van der Waals surface area (Å²) in [5.74, 6) is 0.324. The quantitative estimate of drug-likeness (QED) is 0.777. The normalized spacial score (nSPS) is 14.5. The van der Waals surface area contributed by atoms with Crippen LogP contribution in [0.1, 0.15) is 35.4 Å². The first-order valence-electron chi connectivity index (χ1n) is 5.46. The zero-order valence-electron chi connectivity index (χ0n) is 9.27. The number of hydrogen-bond donors (Lipinski definition) is 0. The van der Waals surface area contributed by atoms with E-state index >= 15 is 0 Å². The van der Waals surface area contributed by atoms with Crippen molar-refractivity contribution in [3.63, 3.8) is 0 Å². The van der Waals surface area contributed by atoms with E-state index in [1.165, 1.54) is 6.26 Å². The zero-order chi connectivity index (χ0) is 11.5. The number of nitrogens with zero attached hydrogens (tertiary/aromatic N) is 2. The zero-order valence-corrected chi connectivity index (χ0v) is 9.27. The minimum atomic E-state index is -0.0831. The summed E-state index contributed by atoms with van der Waals surface area (Å²) >= 11 is 0. The van der Waals surface area contributed by atoms with Crippen molar-refractivity contribution in [3.05, 3.63) is 23.7 Å². The monoisotopic (exact) mass is 218 g/mol. The van der Waals surface area contributed by atoms with Gasteiger partial charge in [0.25, 0.3) is 5.91 Å². The van der Waals surface area contributed by atoms with E-state index in [1.807, 2.05) is 6.92 Å². The molecule has 1 amide bonds. The average molecular weight is 218 g/mol. The standard InChI is InChI=1S/C12H14N2O2/c1-9-5-8-16-11(9)12(15)14(7-2-6-13)10-3-4-10/h5,8,10H,2-4,7H2,1H3. The number of carbonyl (C=O) groups is 1. The fourth-order valence-electron chi connectivity index (χ4n) is 1.73. The molecule has 1 fully saturated rings. The Bertz CT molecular complexity index is 426. The average Bonchev–Trinajstić information content (AvgIpc) is 3.01. The highest BCUT2D eigenvalue weighted by molar-refractivity contribution is 5.93. The number of amides is 1. The predicted molar refractivity (Wildman–Crippen MR) is 57.7 cm³/mol. The smallest absolute Gasteiger partial charge is 0.290 e. The number of furan rings is 1. The van der Waals surface area contributed by atoms with E-state index in [4.69, 9.17) is 9.68 Å². The molecule has 1 aliphatic rings. The molecule has 84 valence electrons. The molecule has 0 spiro atoms. The largest absolute Gasteiger partial charge is 0.459 e. The summed E-state index contributed by atoms with van der Waals surface area (Å²) in [6.07, 6.45) is 3.98. The molecule has 1 aliphatic carbocycles. The molecule has 0 unspecified atom stereocenters. The summed E-state index contributed by atoms with van der Waals surface area (Å²) in [7, 11) is 0. The molecule has 4 nitrogen and oxygen atoms in total. The molecule has 16 heavy (non-hydrogen) atoms. The highest BCUT2D eigenvalue weighted by Gasteiger charge is 2.34. The summed E-state index contributed by atoms with van der Waals surface area (Å²) in [5, 5.41) is 8.57. The summed E-state index contributed by atoms with van der Waals surface area (Å²) in [6.45, 7) is 2.35. The van der Waals surface area contributed by atoms with Crippen LogP contribution in [0.5, 0.6) is 0 Å². The van der Waals surface area contributed by atoms with E-state index in [9.17, 15) is 4.79 Å². The molecule has 0 bridgehead atoms. The van der Waals surface area contributed by atoms with Gasteiger partial charge in [-0.2, -0.15) is 5.26 Å². The Balaban J connectivity index is 2.11. The van der Waals surface area contributed by atoms with E-state index < -0.39 is 0 Å². The van der Waals surface area contributed by atoms with Crippen molar-refractivity contribution < 1.29 is 9.21 Å². The fourth-order valence-corrected chi connectivity index (χ4v) is 1.73. The minimum absolute atomic E-state index is 0.0831. The number of rotatable bonds is 4. The number of aryl methyl sites for hydroxylation is 1. The van der Waals surface area contributed by atoms with Gasteiger partial charge in [-0.3, -0.25) is 4.79 Å². The lowest BCUT2D eigenvalue weighted by Gasteiger charge is -2.20. The Morgan fingerprint density at radius 3 is 2.94 bits per heavy atom. The third-order valence-corrected chi connectivity index (χ3v) is 2.77. The van der Waals surface area contributed by atoms with Gasteiger partial charge in [-0.25, -0.2) is 0 Å². The van der Waals surface area contributed by atoms with Gasteiger partial charge in [0.15, 0.2) is 5.76 Å². The van der Waals surface area contributed by atoms with Gasteiger partial charge in [-0.1, -0.05) is 0 Å². The van der Waals surface area contributed by atoms with Crippen LogP contribution in [-0.2, 0) is 0 Å². The van der Waals surface area contributed by atoms with Crippen molar-refractivity contribution in [2.45, 2.75) is 32.2 Å². The van der Waals surface area contributed by atoms with Gasteiger partial charge < -0.3 is 9.32 Å². The first-order chi connectivity index (χ1) is 7.74. The summed E-state index contributed by atoms with van der Waals surface area (Å²) in [4.78, 5) is 13.9. The molecule has 0 aromatic carbocycles. The van der Waals surface area contributed by atoms with E-state index in [0.29, 0.717) is 24.8 Å². The van der Waals surface area contributed by atoms with Crippen LogP contribution in [0.4, 0.5) is 0 Å². The van der Waals surface area contributed by atoms with Gasteiger partial charge in [0.2, 0.25) is 0 Å². The highest BCUT2D eigenvalue weighted by atomic mass is 16.3. The minimum Gasteiger partial charge on any atom is -0.459 e. The molecule has 1 saturated carbocycles. The third-order valence-electron chi connectivity index (χ3n) is 2.77. The Labute approximate surface area is 94.5 Å². The molecular weight excluding hydrogens is 204 g/mol. The Kier molecular flexibility index (Phi) is 2.95. The second-order valence-electron chi connectivity index (χ2n) is 4.07. The van der Waals surface area contributed by atoms with Crippen molar-refractivity contribution in [2.75, 3.05) is 6.54 Å². The van der Waals surface area contributed by atoms with Crippen molar-refractivity contribution in [2.24, 2.45) is 0 Å². The van der Waals surface area contributed by atoms with Crippen LogP contribution in [-0.4, -0.2) is 23.4 Å². The van der Waals surface area contributed by atoms with Gasteiger partial charge in [-0.15, -0.1) is 0 Å². The summed E-state index contributed by atoms with van der Waals surface area (Å²) in [5.41, 5.74) is 0.854. The molecule has 1 heterocycles. The molecule has 0 saturated heterocycles. The molecule has 0 atom stereocenters. The fraction of sp³-hybridized carbons (Fsp3) is 0.500. The van der Waals surface area contributed by atoms with E-state index in [-0.39, 0.29) is 5.91 Å². The summed E-state index contributed by atoms with van der Waals surface area (Å²) in [6, 6.07) is 4.16. The van der Waals surface area contributed by atoms with Crippen molar-refractivity contribution in [3.8, 4) is 6.07 Å². The number of carbonyl (C=O) groups excluding carboxylic acids is 1. The molecule has 4 heteroatoms. The topological polar surface area (TPSA) is 57.2 Å². The van der Waals surface area contributed by atoms with Crippen LogP contribution >= 0.6 is 0 Å². The van der Waals surface area contributed by atoms with Crippen LogP contribution in [0.2, 0.25) is 0 Å². The molecule has 0 N–H and O–H groups in total. The van der Waals surface area contributed by atoms with Crippen molar-refractivity contribution >= 4 is 5.91 Å². The second-order valence-corrected chi connectivity index (χ2v) is 4.07. The van der Waals surface area contributed by atoms with Crippen LogP contribution in [0.15, 0.2) is 16.7 Å². The van der Waals surface area contributed by atoms with E-state index in [1.54, 1.807) is 11.0 Å². The van der Waals surface area contributed by atoms with Crippen LogP contribution < -0.4 is 0 Å². The van der Waals surface area contributed by atoms with Crippen molar-refractivity contribution in [1.29, 1.82) is 5.26 Å². The highest BCUT2D eigenvalue weighted by Crippen LogP contribution is 2.29. The lowest BCUT2D eigenvalue weighted by molar-refractivity contribution is 0.0713. The van der Waals surface area contributed by atoms with Crippen molar-refractivity contribution in [1.82, 2.24) is 4.90 Å². The molecule has 2 rings (SSSR count). The Hall–Kier alpha value is -1.76. The first kappa shape index (κ1) is 10.7. The lowest BCUT2D eigenvalue weighted by atomic mass is 10.2. The molecule has 1 aromatic heterocycles. The van der Waals surface area contributed by atoms with Crippen LogP contribution in [0.25, 0.3) is 0 Å². The molecule has 1 aromatic rings. The Morgan fingerprint density at radius 2 is 2.44 bits per heavy atom. The molecule has 0 aliphatic heterocycles. The third kappa shape index (κ3) is 2.08. The summed E-state index contributed by atoms with van der Waals surface area (Å²) < 4.78 is 5.19. The Morgan fingerprint density at radius 1 is 1.69 bits per heavy atom.